The maximum atomic E-state index is 12.0. The van der Waals surface area contributed by atoms with Crippen LogP contribution >= 0.6 is 0 Å². The molecule has 132 valence electrons. The molecule has 2 heterocycles. The first-order valence-electron chi connectivity index (χ1n) is 8.79. The molecule has 3 rings (SSSR count). The molecule has 0 saturated carbocycles. The van der Waals surface area contributed by atoms with Crippen LogP contribution in [0.25, 0.3) is 0 Å². The van der Waals surface area contributed by atoms with Gasteiger partial charge in [-0.3, -0.25) is 9.69 Å². The third kappa shape index (κ3) is 5.01. The fourth-order valence-corrected chi connectivity index (χ4v) is 3.06. The molecule has 2 aliphatic rings. The quantitative estimate of drug-likeness (QED) is 0.797. The number of nitrogens with zero attached hydrogens (tertiary/aromatic N) is 2. The number of hydrogen-bond donors (Lipinski definition) is 2. The third-order valence-electron chi connectivity index (χ3n) is 4.71. The fraction of sp³-hybridized carbons (Fsp3) is 0.611. The Morgan fingerprint density at radius 3 is 2.58 bits per heavy atom. The largest absolute Gasteiger partial charge is 0.366 e. The zero-order valence-corrected chi connectivity index (χ0v) is 14.5. The minimum atomic E-state index is -0.366. The molecule has 2 saturated heterocycles. The van der Waals surface area contributed by atoms with Crippen molar-refractivity contribution in [3.05, 3.63) is 35.4 Å². The van der Waals surface area contributed by atoms with Crippen LogP contribution in [0.1, 0.15) is 11.1 Å². The van der Waals surface area contributed by atoms with Gasteiger partial charge < -0.3 is 20.3 Å². The van der Waals surface area contributed by atoms with Gasteiger partial charge in [-0.25, -0.2) is 0 Å². The van der Waals surface area contributed by atoms with Crippen LogP contribution in [0.15, 0.2) is 24.3 Å². The molecule has 6 heteroatoms. The van der Waals surface area contributed by atoms with Gasteiger partial charge in [-0.2, -0.15) is 0 Å². The topological polar surface area (TPSA) is 56.8 Å². The second kappa shape index (κ2) is 8.58. The van der Waals surface area contributed by atoms with Crippen LogP contribution in [0.4, 0.5) is 0 Å². The van der Waals surface area contributed by atoms with Crippen molar-refractivity contribution in [2.75, 3.05) is 52.9 Å². The van der Waals surface area contributed by atoms with E-state index in [2.05, 4.69) is 51.7 Å². The van der Waals surface area contributed by atoms with E-state index in [1.807, 2.05) is 0 Å². The molecule has 1 amide bonds. The number of piperazine rings is 1. The van der Waals surface area contributed by atoms with Crippen molar-refractivity contribution in [3.63, 3.8) is 0 Å². The molecule has 6 nitrogen and oxygen atoms in total. The zero-order valence-electron chi connectivity index (χ0n) is 14.5. The highest BCUT2D eigenvalue weighted by atomic mass is 16.5. The molecule has 1 unspecified atom stereocenters. The predicted octanol–water partition coefficient (Wildman–Crippen LogP) is 0.0386. The van der Waals surface area contributed by atoms with E-state index in [9.17, 15) is 4.79 Å². The van der Waals surface area contributed by atoms with Gasteiger partial charge in [-0.15, -0.1) is 0 Å². The van der Waals surface area contributed by atoms with Gasteiger partial charge in [0.1, 0.15) is 6.10 Å². The highest BCUT2D eigenvalue weighted by Crippen LogP contribution is 2.10. The summed E-state index contributed by atoms with van der Waals surface area (Å²) in [6.45, 7) is 8.10. The monoisotopic (exact) mass is 332 g/mol. The molecule has 24 heavy (non-hydrogen) atoms. The molecular formula is C18H28N4O2. The molecule has 0 radical (unpaired) electrons. The summed E-state index contributed by atoms with van der Waals surface area (Å²) in [4.78, 5) is 16.9. The van der Waals surface area contributed by atoms with Crippen LogP contribution in [0, 0.1) is 0 Å². The van der Waals surface area contributed by atoms with E-state index in [0.717, 1.165) is 44.8 Å². The van der Waals surface area contributed by atoms with Gasteiger partial charge in [0.25, 0.3) is 5.91 Å². The van der Waals surface area contributed by atoms with E-state index >= 15 is 0 Å². The van der Waals surface area contributed by atoms with Crippen molar-refractivity contribution in [3.8, 4) is 0 Å². The molecule has 0 spiro atoms. The second-order valence-electron chi connectivity index (χ2n) is 6.68. The lowest BCUT2D eigenvalue weighted by molar-refractivity contribution is -0.134. The molecule has 1 aromatic carbocycles. The molecule has 2 N–H and O–H groups in total. The van der Waals surface area contributed by atoms with Crippen LogP contribution in [-0.2, 0) is 22.6 Å². The lowest BCUT2D eigenvalue weighted by atomic mass is 10.1. The van der Waals surface area contributed by atoms with E-state index in [-0.39, 0.29) is 12.0 Å². The molecule has 0 aliphatic carbocycles. The highest BCUT2D eigenvalue weighted by Gasteiger charge is 2.21. The average Bonchev–Trinajstić information content (AvgIpc) is 2.63. The van der Waals surface area contributed by atoms with Gasteiger partial charge in [-0.05, 0) is 18.2 Å². The Morgan fingerprint density at radius 1 is 1.21 bits per heavy atom. The Hall–Kier alpha value is -1.47. The number of hydrogen-bond acceptors (Lipinski definition) is 5. The SMILES string of the molecule is CN1CCN(Cc2ccc(CNC(=O)C3CNCCO3)cc2)CC1. The third-order valence-corrected chi connectivity index (χ3v) is 4.71. The Balaban J connectivity index is 1.43. The van der Waals surface area contributed by atoms with Crippen molar-refractivity contribution >= 4 is 5.91 Å². The smallest absolute Gasteiger partial charge is 0.250 e. The number of carbonyl (C=O) groups is 1. The van der Waals surface area contributed by atoms with Gasteiger partial charge >= 0.3 is 0 Å². The van der Waals surface area contributed by atoms with Crippen molar-refractivity contribution in [2.45, 2.75) is 19.2 Å². The second-order valence-corrected chi connectivity index (χ2v) is 6.68. The van der Waals surface area contributed by atoms with Gasteiger partial charge in [0.15, 0.2) is 0 Å². The standard InChI is InChI=1S/C18H28N4O2/c1-21-7-9-22(10-8-21)14-16-4-2-15(3-5-16)12-20-18(23)17-13-19-6-11-24-17/h2-5,17,19H,6-14H2,1H3,(H,20,23). The first-order chi connectivity index (χ1) is 11.7. The molecule has 0 aromatic heterocycles. The fourth-order valence-electron chi connectivity index (χ4n) is 3.06. The first-order valence-corrected chi connectivity index (χ1v) is 8.79. The van der Waals surface area contributed by atoms with Crippen LogP contribution in [-0.4, -0.2) is 74.7 Å². The summed E-state index contributed by atoms with van der Waals surface area (Å²) in [7, 11) is 2.18. The van der Waals surface area contributed by atoms with E-state index in [1.54, 1.807) is 0 Å². The van der Waals surface area contributed by atoms with E-state index in [0.29, 0.717) is 19.7 Å². The lowest BCUT2D eigenvalue weighted by Crippen LogP contribution is -2.47. The van der Waals surface area contributed by atoms with Gasteiger partial charge in [0, 0.05) is 52.4 Å². The number of carbonyl (C=O) groups excluding carboxylic acids is 1. The number of ether oxygens (including phenoxy) is 1. The summed E-state index contributed by atoms with van der Waals surface area (Å²) in [5, 5.41) is 6.12. The number of likely N-dealkylation sites (N-methyl/N-ethyl adjacent to an activating group) is 1. The number of nitrogens with one attached hydrogen (secondary N) is 2. The normalized spacial score (nSPS) is 23.1. The minimum absolute atomic E-state index is 0.0382. The zero-order chi connectivity index (χ0) is 16.8. The van der Waals surface area contributed by atoms with Gasteiger partial charge in [-0.1, -0.05) is 24.3 Å². The van der Waals surface area contributed by atoms with Crippen molar-refractivity contribution in [1.29, 1.82) is 0 Å². The summed E-state index contributed by atoms with van der Waals surface area (Å²) >= 11 is 0. The molecule has 2 fully saturated rings. The summed E-state index contributed by atoms with van der Waals surface area (Å²) in [5.41, 5.74) is 2.45. The summed E-state index contributed by atoms with van der Waals surface area (Å²) < 4.78 is 5.46. The van der Waals surface area contributed by atoms with E-state index < -0.39 is 0 Å². The maximum absolute atomic E-state index is 12.0. The molecule has 1 aromatic rings. The van der Waals surface area contributed by atoms with E-state index in [4.69, 9.17) is 4.74 Å². The van der Waals surface area contributed by atoms with Crippen LogP contribution in [0.5, 0.6) is 0 Å². The van der Waals surface area contributed by atoms with Crippen molar-refractivity contribution in [1.82, 2.24) is 20.4 Å². The lowest BCUT2D eigenvalue weighted by Gasteiger charge is -2.32. The van der Waals surface area contributed by atoms with Crippen LogP contribution in [0.3, 0.4) is 0 Å². The summed E-state index contributed by atoms with van der Waals surface area (Å²) in [6.07, 6.45) is -0.366. The Labute approximate surface area is 144 Å². The highest BCUT2D eigenvalue weighted by molar-refractivity contribution is 5.81. The molecule has 1 atom stereocenters. The minimum Gasteiger partial charge on any atom is -0.366 e. The summed E-state index contributed by atoms with van der Waals surface area (Å²) in [5.74, 6) is -0.0382. The van der Waals surface area contributed by atoms with Gasteiger partial charge in [0.05, 0.1) is 6.61 Å². The predicted molar refractivity (Wildman–Crippen MR) is 93.7 cm³/mol. The molecule has 2 aliphatic heterocycles. The van der Waals surface area contributed by atoms with Gasteiger partial charge in [0.2, 0.25) is 0 Å². The first kappa shape index (κ1) is 17.4. The Kier molecular flexibility index (Phi) is 6.20. The molecular weight excluding hydrogens is 304 g/mol. The number of amides is 1. The van der Waals surface area contributed by atoms with Crippen molar-refractivity contribution < 1.29 is 9.53 Å². The van der Waals surface area contributed by atoms with Crippen molar-refractivity contribution in [2.24, 2.45) is 0 Å². The maximum Gasteiger partial charge on any atom is 0.250 e. The molecule has 0 bridgehead atoms. The Bertz CT molecular complexity index is 520. The Morgan fingerprint density at radius 2 is 1.92 bits per heavy atom. The van der Waals surface area contributed by atoms with E-state index in [1.165, 1.54) is 5.56 Å². The number of benzene rings is 1. The number of rotatable bonds is 5. The van der Waals surface area contributed by atoms with Crippen LogP contribution in [0.2, 0.25) is 0 Å². The van der Waals surface area contributed by atoms with Crippen LogP contribution < -0.4 is 10.6 Å². The summed E-state index contributed by atoms with van der Waals surface area (Å²) in [6, 6.07) is 8.54. The number of morpholine rings is 1. The average molecular weight is 332 g/mol.